The van der Waals surface area contributed by atoms with Crippen molar-refractivity contribution in [1.29, 1.82) is 0 Å². The van der Waals surface area contributed by atoms with Crippen LogP contribution in [0.4, 0.5) is 0 Å². The quantitative estimate of drug-likeness (QED) is 0.467. The second-order valence-corrected chi connectivity index (χ2v) is 8.78. The second kappa shape index (κ2) is 10.4. The Morgan fingerprint density at radius 1 is 1.16 bits per heavy atom. The van der Waals surface area contributed by atoms with Gasteiger partial charge in [0.05, 0.1) is 25.6 Å². The van der Waals surface area contributed by atoms with Gasteiger partial charge in [0, 0.05) is 44.6 Å². The summed E-state index contributed by atoms with van der Waals surface area (Å²) in [4.78, 5) is 14.4. The maximum Gasteiger partial charge on any atom is 0.253 e. The third-order valence-corrected chi connectivity index (χ3v) is 6.20. The molecule has 0 bridgehead atoms. The van der Waals surface area contributed by atoms with E-state index in [2.05, 4.69) is 9.82 Å². The van der Waals surface area contributed by atoms with Gasteiger partial charge in [-0.2, -0.15) is 5.10 Å². The van der Waals surface area contributed by atoms with Crippen LogP contribution in [0.1, 0.15) is 15.9 Å². The maximum absolute atomic E-state index is 13.0. The SMILES string of the molecule is COCCNS(=O)(=O)c1cc(C(=O)N(C)Cc2cnn(-c3ccccc3)c2)ccc1OC. The van der Waals surface area contributed by atoms with Crippen LogP contribution in [0.15, 0.2) is 65.8 Å². The van der Waals surface area contributed by atoms with Crippen molar-refractivity contribution in [2.75, 3.05) is 34.4 Å². The summed E-state index contributed by atoms with van der Waals surface area (Å²) in [5, 5.41) is 4.34. The average Bonchev–Trinajstić information content (AvgIpc) is 3.27. The summed E-state index contributed by atoms with van der Waals surface area (Å²) < 4.78 is 39.6. The van der Waals surface area contributed by atoms with Crippen molar-refractivity contribution in [3.05, 3.63) is 72.1 Å². The molecular formula is C22H26N4O5S. The van der Waals surface area contributed by atoms with E-state index in [9.17, 15) is 13.2 Å². The normalized spacial score (nSPS) is 11.3. The molecule has 10 heteroatoms. The molecule has 9 nitrogen and oxygen atoms in total. The number of carbonyl (C=O) groups is 1. The van der Waals surface area contributed by atoms with Gasteiger partial charge >= 0.3 is 0 Å². The number of amides is 1. The van der Waals surface area contributed by atoms with Crippen LogP contribution in [-0.2, 0) is 21.3 Å². The van der Waals surface area contributed by atoms with Gasteiger partial charge in [0.1, 0.15) is 10.6 Å². The first-order chi connectivity index (χ1) is 15.4. The van der Waals surface area contributed by atoms with Gasteiger partial charge in [0.2, 0.25) is 10.0 Å². The van der Waals surface area contributed by atoms with E-state index in [4.69, 9.17) is 9.47 Å². The summed E-state index contributed by atoms with van der Waals surface area (Å²) in [6, 6.07) is 14.0. The molecule has 0 aliphatic rings. The molecule has 0 fully saturated rings. The van der Waals surface area contributed by atoms with E-state index in [0.717, 1.165) is 11.3 Å². The zero-order valence-electron chi connectivity index (χ0n) is 18.2. The second-order valence-electron chi connectivity index (χ2n) is 7.05. The highest BCUT2D eigenvalue weighted by atomic mass is 32.2. The lowest BCUT2D eigenvalue weighted by atomic mass is 10.2. The number of ether oxygens (including phenoxy) is 2. The minimum Gasteiger partial charge on any atom is -0.495 e. The van der Waals surface area contributed by atoms with E-state index in [0.29, 0.717) is 6.54 Å². The maximum atomic E-state index is 13.0. The molecule has 1 heterocycles. The predicted molar refractivity (Wildman–Crippen MR) is 119 cm³/mol. The minimum atomic E-state index is -3.88. The molecule has 0 atom stereocenters. The van der Waals surface area contributed by atoms with E-state index in [-0.39, 0.29) is 35.3 Å². The van der Waals surface area contributed by atoms with Gasteiger partial charge in [-0.05, 0) is 30.3 Å². The average molecular weight is 459 g/mol. The molecule has 0 aliphatic heterocycles. The highest BCUT2D eigenvalue weighted by Crippen LogP contribution is 2.25. The highest BCUT2D eigenvalue weighted by molar-refractivity contribution is 7.89. The number of nitrogens with one attached hydrogen (secondary N) is 1. The van der Waals surface area contributed by atoms with Crippen LogP contribution in [0.3, 0.4) is 0 Å². The van der Waals surface area contributed by atoms with Gasteiger partial charge in [0.25, 0.3) is 5.91 Å². The Morgan fingerprint density at radius 2 is 1.91 bits per heavy atom. The first-order valence-electron chi connectivity index (χ1n) is 9.87. The van der Waals surface area contributed by atoms with Crippen LogP contribution in [0.5, 0.6) is 5.75 Å². The van der Waals surface area contributed by atoms with Gasteiger partial charge < -0.3 is 14.4 Å². The molecule has 0 saturated carbocycles. The van der Waals surface area contributed by atoms with E-state index >= 15 is 0 Å². The monoisotopic (exact) mass is 458 g/mol. The molecule has 0 aliphatic carbocycles. The number of nitrogens with zero attached hydrogens (tertiary/aromatic N) is 3. The summed E-state index contributed by atoms with van der Waals surface area (Å²) in [5.41, 5.74) is 1.99. The van der Waals surface area contributed by atoms with Crippen molar-refractivity contribution >= 4 is 15.9 Å². The molecule has 0 unspecified atom stereocenters. The fourth-order valence-corrected chi connectivity index (χ4v) is 4.31. The number of para-hydroxylation sites is 1. The Labute approximate surface area is 187 Å². The molecular weight excluding hydrogens is 432 g/mol. The topological polar surface area (TPSA) is 103 Å². The first-order valence-corrected chi connectivity index (χ1v) is 11.3. The summed E-state index contributed by atoms with van der Waals surface area (Å²) in [6.45, 7) is 0.636. The van der Waals surface area contributed by atoms with Crippen molar-refractivity contribution in [3.8, 4) is 11.4 Å². The molecule has 0 spiro atoms. The Hall–Kier alpha value is -3.21. The fraction of sp³-hybridized carbons (Fsp3) is 0.273. The molecule has 0 radical (unpaired) electrons. The van der Waals surface area contributed by atoms with Gasteiger partial charge in [-0.25, -0.2) is 17.8 Å². The lowest BCUT2D eigenvalue weighted by molar-refractivity contribution is 0.0785. The number of hydrogen-bond donors (Lipinski definition) is 1. The van der Waals surface area contributed by atoms with Crippen LogP contribution >= 0.6 is 0 Å². The van der Waals surface area contributed by atoms with Crippen LogP contribution in [0.2, 0.25) is 0 Å². The number of benzene rings is 2. The van der Waals surface area contributed by atoms with Crippen LogP contribution in [0, 0.1) is 0 Å². The highest BCUT2D eigenvalue weighted by Gasteiger charge is 2.22. The van der Waals surface area contributed by atoms with E-state index in [1.807, 2.05) is 36.5 Å². The first kappa shape index (κ1) is 23.5. The van der Waals surface area contributed by atoms with E-state index in [1.54, 1.807) is 24.0 Å². The van der Waals surface area contributed by atoms with Crippen molar-refractivity contribution in [2.45, 2.75) is 11.4 Å². The van der Waals surface area contributed by atoms with Gasteiger partial charge in [0.15, 0.2) is 0 Å². The Morgan fingerprint density at radius 3 is 2.59 bits per heavy atom. The van der Waals surface area contributed by atoms with Crippen molar-refractivity contribution in [3.63, 3.8) is 0 Å². The van der Waals surface area contributed by atoms with E-state index < -0.39 is 10.0 Å². The lowest BCUT2D eigenvalue weighted by Crippen LogP contribution is -2.29. The smallest absolute Gasteiger partial charge is 0.253 e. The standard InChI is InChI=1S/C22H26N4O5S/c1-25(15-17-14-23-26(16-17)19-7-5-4-6-8-19)22(27)18-9-10-20(31-3)21(13-18)32(28,29)24-11-12-30-2/h4-10,13-14,16,24H,11-12,15H2,1-3H3. The van der Waals surface area contributed by atoms with Crippen molar-refractivity contribution < 1.29 is 22.7 Å². The molecule has 1 amide bonds. The molecule has 32 heavy (non-hydrogen) atoms. The van der Waals surface area contributed by atoms with Crippen LogP contribution in [-0.4, -0.2) is 63.4 Å². The Bertz CT molecular complexity index is 1160. The predicted octanol–water partition coefficient (Wildman–Crippen LogP) is 2.08. The Kier molecular flexibility index (Phi) is 7.62. The van der Waals surface area contributed by atoms with Gasteiger partial charge in [-0.15, -0.1) is 0 Å². The van der Waals surface area contributed by atoms with Gasteiger partial charge in [-0.3, -0.25) is 4.79 Å². The summed E-state index contributed by atoms with van der Waals surface area (Å²) in [7, 11) is 0.624. The third kappa shape index (κ3) is 5.52. The molecule has 3 rings (SSSR count). The number of sulfonamides is 1. The summed E-state index contributed by atoms with van der Waals surface area (Å²) >= 11 is 0. The number of aromatic nitrogens is 2. The van der Waals surface area contributed by atoms with Crippen LogP contribution < -0.4 is 9.46 Å². The zero-order chi connectivity index (χ0) is 23.1. The molecule has 1 aromatic heterocycles. The molecule has 0 saturated heterocycles. The largest absolute Gasteiger partial charge is 0.495 e. The number of rotatable bonds is 10. The number of carbonyl (C=O) groups excluding carboxylic acids is 1. The zero-order valence-corrected chi connectivity index (χ0v) is 19.0. The van der Waals surface area contributed by atoms with Crippen molar-refractivity contribution in [1.82, 2.24) is 19.4 Å². The number of hydrogen-bond acceptors (Lipinski definition) is 6. The van der Waals surface area contributed by atoms with E-state index in [1.165, 1.54) is 31.3 Å². The molecule has 3 aromatic rings. The molecule has 1 N–H and O–H groups in total. The summed E-state index contributed by atoms with van der Waals surface area (Å²) in [6.07, 6.45) is 3.54. The lowest BCUT2D eigenvalue weighted by Gasteiger charge is -2.18. The van der Waals surface area contributed by atoms with Crippen molar-refractivity contribution in [2.24, 2.45) is 0 Å². The summed E-state index contributed by atoms with van der Waals surface area (Å²) in [5.74, 6) is -0.174. The Balaban J connectivity index is 1.77. The number of methoxy groups -OCH3 is 2. The molecule has 2 aromatic carbocycles. The molecule has 170 valence electrons. The van der Waals surface area contributed by atoms with Gasteiger partial charge in [-0.1, -0.05) is 18.2 Å². The third-order valence-electron chi connectivity index (χ3n) is 4.72. The fourth-order valence-electron chi connectivity index (χ4n) is 3.11. The minimum absolute atomic E-state index is 0.103. The van der Waals surface area contributed by atoms with Crippen LogP contribution in [0.25, 0.3) is 5.69 Å².